The topological polar surface area (TPSA) is 38.5 Å². The van der Waals surface area contributed by atoms with Crippen molar-refractivity contribution in [1.29, 1.82) is 0 Å². The molecule has 94 valence electrons. The molecule has 0 spiro atoms. The lowest BCUT2D eigenvalue weighted by Crippen LogP contribution is -2.45. The summed E-state index contributed by atoms with van der Waals surface area (Å²) in [5.41, 5.74) is 6.11. The van der Waals surface area contributed by atoms with Gasteiger partial charge in [0.15, 0.2) is 0 Å². The molecular formula is C12H16ClFN2O. The van der Waals surface area contributed by atoms with Crippen LogP contribution in [0.3, 0.4) is 0 Å². The third-order valence-electron chi connectivity index (χ3n) is 2.93. The molecule has 17 heavy (non-hydrogen) atoms. The Morgan fingerprint density at radius 3 is 3.06 bits per heavy atom. The molecule has 1 aromatic rings. The van der Waals surface area contributed by atoms with Gasteiger partial charge in [-0.2, -0.15) is 0 Å². The maximum absolute atomic E-state index is 13.6. The van der Waals surface area contributed by atoms with Crippen LogP contribution in [0.25, 0.3) is 0 Å². The van der Waals surface area contributed by atoms with Crippen LogP contribution in [0.2, 0.25) is 5.02 Å². The first-order valence-electron chi connectivity index (χ1n) is 5.67. The highest BCUT2D eigenvalue weighted by atomic mass is 35.5. The average molecular weight is 259 g/mol. The van der Waals surface area contributed by atoms with Crippen molar-refractivity contribution >= 4 is 11.6 Å². The lowest BCUT2D eigenvalue weighted by Gasteiger charge is -2.32. The van der Waals surface area contributed by atoms with Gasteiger partial charge in [0, 0.05) is 36.8 Å². The molecule has 1 atom stereocenters. The molecule has 2 rings (SSSR count). The number of rotatable bonds is 3. The molecule has 0 radical (unpaired) electrons. The predicted molar refractivity (Wildman–Crippen MR) is 65.5 cm³/mol. The molecule has 1 aromatic carbocycles. The maximum atomic E-state index is 13.6. The van der Waals surface area contributed by atoms with Gasteiger partial charge in [0.05, 0.1) is 12.7 Å². The van der Waals surface area contributed by atoms with Crippen molar-refractivity contribution in [2.24, 2.45) is 5.73 Å². The molecule has 0 amide bonds. The van der Waals surface area contributed by atoms with Crippen LogP contribution in [0.15, 0.2) is 18.2 Å². The van der Waals surface area contributed by atoms with Crippen molar-refractivity contribution in [2.45, 2.75) is 12.6 Å². The third kappa shape index (κ3) is 3.16. The highest BCUT2D eigenvalue weighted by Crippen LogP contribution is 2.21. The normalized spacial score (nSPS) is 21.7. The fourth-order valence-electron chi connectivity index (χ4n) is 1.97. The van der Waals surface area contributed by atoms with Crippen molar-refractivity contribution in [1.82, 2.24) is 4.90 Å². The highest BCUT2D eigenvalue weighted by Gasteiger charge is 2.20. The second-order valence-electron chi connectivity index (χ2n) is 4.16. The molecule has 1 unspecified atom stereocenters. The van der Waals surface area contributed by atoms with Gasteiger partial charge in [0.1, 0.15) is 5.82 Å². The van der Waals surface area contributed by atoms with Gasteiger partial charge in [0.2, 0.25) is 0 Å². The zero-order chi connectivity index (χ0) is 12.3. The molecule has 1 aliphatic heterocycles. The SMILES string of the molecule is NCC1CN(Cc2c(F)cccc2Cl)CCO1. The van der Waals surface area contributed by atoms with E-state index in [0.29, 0.717) is 30.3 Å². The second kappa shape index (κ2) is 5.78. The van der Waals surface area contributed by atoms with Gasteiger partial charge in [0.25, 0.3) is 0 Å². The van der Waals surface area contributed by atoms with E-state index in [1.54, 1.807) is 12.1 Å². The van der Waals surface area contributed by atoms with Crippen molar-refractivity contribution < 1.29 is 9.13 Å². The monoisotopic (exact) mass is 258 g/mol. The Labute approximate surface area is 105 Å². The highest BCUT2D eigenvalue weighted by molar-refractivity contribution is 6.31. The van der Waals surface area contributed by atoms with Crippen LogP contribution in [0.4, 0.5) is 4.39 Å². The van der Waals surface area contributed by atoms with Crippen LogP contribution in [-0.4, -0.2) is 37.2 Å². The summed E-state index contributed by atoms with van der Waals surface area (Å²) in [7, 11) is 0. The smallest absolute Gasteiger partial charge is 0.129 e. The standard InChI is InChI=1S/C12H16ClFN2O/c13-11-2-1-3-12(14)10(11)8-16-4-5-17-9(6-15)7-16/h1-3,9H,4-8,15H2. The van der Waals surface area contributed by atoms with E-state index in [-0.39, 0.29) is 11.9 Å². The van der Waals surface area contributed by atoms with Gasteiger partial charge in [-0.25, -0.2) is 4.39 Å². The van der Waals surface area contributed by atoms with E-state index < -0.39 is 0 Å². The van der Waals surface area contributed by atoms with Gasteiger partial charge >= 0.3 is 0 Å². The Kier molecular flexibility index (Phi) is 4.34. The summed E-state index contributed by atoms with van der Waals surface area (Å²) in [5.74, 6) is -0.256. The molecule has 1 heterocycles. The molecule has 2 N–H and O–H groups in total. The molecule has 1 fully saturated rings. The number of hydrogen-bond acceptors (Lipinski definition) is 3. The molecule has 3 nitrogen and oxygen atoms in total. The predicted octanol–water partition coefficient (Wildman–Crippen LogP) is 1.64. The summed E-state index contributed by atoms with van der Waals surface area (Å²) in [6, 6.07) is 4.76. The van der Waals surface area contributed by atoms with Crippen molar-refractivity contribution in [3.05, 3.63) is 34.6 Å². The van der Waals surface area contributed by atoms with Crippen LogP contribution in [-0.2, 0) is 11.3 Å². The van der Waals surface area contributed by atoms with Gasteiger partial charge in [-0.1, -0.05) is 17.7 Å². The van der Waals surface area contributed by atoms with Crippen LogP contribution >= 0.6 is 11.6 Å². The Balaban J connectivity index is 2.05. The minimum atomic E-state index is -0.256. The first kappa shape index (κ1) is 12.8. The van der Waals surface area contributed by atoms with E-state index in [0.717, 1.165) is 13.1 Å². The number of hydrogen-bond donors (Lipinski definition) is 1. The van der Waals surface area contributed by atoms with Gasteiger partial charge in [-0.05, 0) is 12.1 Å². The largest absolute Gasteiger partial charge is 0.374 e. The number of morpholine rings is 1. The molecule has 0 saturated carbocycles. The van der Waals surface area contributed by atoms with E-state index in [4.69, 9.17) is 22.1 Å². The summed E-state index contributed by atoms with van der Waals surface area (Å²) in [4.78, 5) is 2.12. The summed E-state index contributed by atoms with van der Waals surface area (Å²) in [5, 5.41) is 0.473. The maximum Gasteiger partial charge on any atom is 0.129 e. The number of benzene rings is 1. The lowest BCUT2D eigenvalue weighted by atomic mass is 10.1. The van der Waals surface area contributed by atoms with Gasteiger partial charge in [-0.15, -0.1) is 0 Å². The van der Waals surface area contributed by atoms with E-state index in [9.17, 15) is 4.39 Å². The van der Waals surface area contributed by atoms with Gasteiger partial charge in [-0.3, -0.25) is 4.90 Å². The first-order valence-corrected chi connectivity index (χ1v) is 6.05. The molecule has 0 aliphatic carbocycles. The quantitative estimate of drug-likeness (QED) is 0.896. The van der Waals surface area contributed by atoms with Crippen LogP contribution < -0.4 is 5.73 Å². The van der Waals surface area contributed by atoms with E-state index in [1.165, 1.54) is 6.07 Å². The van der Waals surface area contributed by atoms with Crippen LogP contribution in [0.5, 0.6) is 0 Å². The van der Waals surface area contributed by atoms with Crippen molar-refractivity contribution in [3.63, 3.8) is 0 Å². The van der Waals surface area contributed by atoms with Crippen LogP contribution in [0, 0.1) is 5.82 Å². The fourth-order valence-corrected chi connectivity index (χ4v) is 2.20. The fraction of sp³-hybridized carbons (Fsp3) is 0.500. The Morgan fingerprint density at radius 1 is 1.53 bits per heavy atom. The summed E-state index contributed by atoms with van der Waals surface area (Å²) < 4.78 is 19.1. The summed E-state index contributed by atoms with van der Waals surface area (Å²) in [6.07, 6.45) is 0.0364. The summed E-state index contributed by atoms with van der Waals surface area (Å²) in [6.45, 7) is 3.13. The molecular weight excluding hydrogens is 243 g/mol. The lowest BCUT2D eigenvalue weighted by molar-refractivity contribution is -0.0263. The zero-order valence-electron chi connectivity index (χ0n) is 9.53. The van der Waals surface area contributed by atoms with E-state index in [1.807, 2.05) is 0 Å². The molecule has 1 saturated heterocycles. The molecule has 0 bridgehead atoms. The van der Waals surface area contributed by atoms with Crippen molar-refractivity contribution in [2.75, 3.05) is 26.2 Å². The second-order valence-corrected chi connectivity index (χ2v) is 4.57. The van der Waals surface area contributed by atoms with Gasteiger partial charge < -0.3 is 10.5 Å². The number of nitrogens with zero attached hydrogens (tertiary/aromatic N) is 1. The molecule has 5 heteroatoms. The molecule has 0 aromatic heterocycles. The van der Waals surface area contributed by atoms with E-state index in [2.05, 4.69) is 4.90 Å². The number of halogens is 2. The molecule has 1 aliphatic rings. The average Bonchev–Trinajstić information content (AvgIpc) is 2.34. The van der Waals surface area contributed by atoms with Crippen LogP contribution in [0.1, 0.15) is 5.56 Å². The Hall–Kier alpha value is -0.680. The zero-order valence-corrected chi connectivity index (χ0v) is 10.3. The number of ether oxygens (including phenoxy) is 1. The van der Waals surface area contributed by atoms with Crippen molar-refractivity contribution in [3.8, 4) is 0 Å². The van der Waals surface area contributed by atoms with E-state index >= 15 is 0 Å². The third-order valence-corrected chi connectivity index (χ3v) is 3.28. The minimum absolute atomic E-state index is 0.0364. The number of nitrogens with two attached hydrogens (primary N) is 1. The minimum Gasteiger partial charge on any atom is -0.374 e. The Bertz CT molecular complexity index is 369. The summed E-state index contributed by atoms with van der Waals surface area (Å²) >= 11 is 6.00. The Morgan fingerprint density at radius 2 is 2.35 bits per heavy atom. The first-order chi connectivity index (χ1) is 8.20.